The van der Waals surface area contributed by atoms with E-state index < -0.39 is 0 Å². The number of rotatable bonds is 9. The van der Waals surface area contributed by atoms with Crippen molar-refractivity contribution in [3.8, 4) is 17.1 Å². The molecular formula is C20H21N5O4. The number of carbonyl (C=O) groups excluding carboxylic acids is 2. The van der Waals surface area contributed by atoms with Crippen molar-refractivity contribution in [2.75, 3.05) is 20.2 Å². The third-order valence-corrected chi connectivity index (χ3v) is 4.04. The first-order valence-corrected chi connectivity index (χ1v) is 9.07. The lowest BCUT2D eigenvalue weighted by atomic mass is 10.2. The first-order chi connectivity index (χ1) is 14.2. The Bertz CT molecular complexity index is 941. The highest BCUT2D eigenvalue weighted by molar-refractivity contribution is 5.93. The third-order valence-electron chi connectivity index (χ3n) is 4.04. The third kappa shape index (κ3) is 5.86. The van der Waals surface area contributed by atoms with Crippen LogP contribution in [0.4, 0.5) is 0 Å². The van der Waals surface area contributed by atoms with Crippen molar-refractivity contribution < 1.29 is 18.8 Å². The molecule has 2 aromatic heterocycles. The lowest BCUT2D eigenvalue weighted by Crippen LogP contribution is -2.34. The Morgan fingerprint density at radius 2 is 1.90 bits per heavy atom. The summed E-state index contributed by atoms with van der Waals surface area (Å²) in [6.45, 7) is 0.646. The molecule has 0 aliphatic heterocycles. The molecule has 0 saturated carbocycles. The smallest absolute Gasteiger partial charge is 0.252 e. The van der Waals surface area contributed by atoms with Crippen LogP contribution in [0.15, 0.2) is 53.3 Å². The molecule has 2 amide bonds. The normalized spacial score (nSPS) is 10.4. The van der Waals surface area contributed by atoms with Crippen LogP contribution in [0.3, 0.4) is 0 Å². The quantitative estimate of drug-likeness (QED) is 0.528. The summed E-state index contributed by atoms with van der Waals surface area (Å²) >= 11 is 0. The maximum absolute atomic E-state index is 11.9. The van der Waals surface area contributed by atoms with Gasteiger partial charge in [-0.25, -0.2) is 0 Å². The summed E-state index contributed by atoms with van der Waals surface area (Å²) < 4.78 is 10.3. The molecule has 2 heterocycles. The molecule has 150 valence electrons. The van der Waals surface area contributed by atoms with Crippen LogP contribution in [0.5, 0.6) is 5.75 Å². The van der Waals surface area contributed by atoms with E-state index in [-0.39, 0.29) is 18.2 Å². The minimum absolute atomic E-state index is 0.162. The second-order valence-corrected chi connectivity index (χ2v) is 6.09. The van der Waals surface area contributed by atoms with E-state index in [1.807, 2.05) is 24.3 Å². The van der Waals surface area contributed by atoms with Crippen LogP contribution in [0, 0.1) is 0 Å². The van der Waals surface area contributed by atoms with E-state index in [2.05, 4.69) is 25.8 Å². The van der Waals surface area contributed by atoms with Gasteiger partial charge in [0.05, 0.1) is 12.7 Å². The molecule has 1 aromatic carbocycles. The van der Waals surface area contributed by atoms with Crippen LogP contribution >= 0.6 is 0 Å². The molecule has 0 spiro atoms. The van der Waals surface area contributed by atoms with E-state index in [1.165, 1.54) is 6.20 Å². The Kier molecular flexibility index (Phi) is 6.88. The molecular weight excluding hydrogens is 374 g/mol. The highest BCUT2D eigenvalue weighted by atomic mass is 16.5. The fourth-order valence-electron chi connectivity index (χ4n) is 2.50. The lowest BCUT2D eigenvalue weighted by molar-refractivity contribution is -0.121. The van der Waals surface area contributed by atoms with Gasteiger partial charge in [-0.15, -0.1) is 0 Å². The molecule has 0 bridgehead atoms. The first-order valence-electron chi connectivity index (χ1n) is 9.07. The zero-order valence-electron chi connectivity index (χ0n) is 15.9. The Morgan fingerprint density at radius 1 is 1.10 bits per heavy atom. The summed E-state index contributed by atoms with van der Waals surface area (Å²) in [6, 6.07) is 10.7. The molecule has 3 rings (SSSR count). The molecule has 0 atom stereocenters. The largest absolute Gasteiger partial charge is 0.497 e. The monoisotopic (exact) mass is 395 g/mol. The number of methoxy groups -OCH3 is 1. The van der Waals surface area contributed by atoms with Gasteiger partial charge in [-0.1, -0.05) is 5.16 Å². The van der Waals surface area contributed by atoms with Gasteiger partial charge in [0.2, 0.25) is 17.6 Å². The summed E-state index contributed by atoms with van der Waals surface area (Å²) in [5.74, 6) is 1.19. The average Bonchev–Trinajstić information content (AvgIpc) is 3.25. The number of aryl methyl sites for hydroxylation is 1. The number of hydrogen-bond acceptors (Lipinski definition) is 7. The molecule has 0 saturated heterocycles. The minimum atomic E-state index is -0.232. The summed E-state index contributed by atoms with van der Waals surface area (Å²) in [7, 11) is 1.60. The van der Waals surface area contributed by atoms with E-state index in [1.54, 1.807) is 25.4 Å². The zero-order valence-corrected chi connectivity index (χ0v) is 15.9. The van der Waals surface area contributed by atoms with Crippen molar-refractivity contribution in [1.82, 2.24) is 25.8 Å². The fourth-order valence-corrected chi connectivity index (χ4v) is 2.50. The van der Waals surface area contributed by atoms with Crippen LogP contribution in [0.2, 0.25) is 0 Å². The Labute approximate surface area is 167 Å². The molecule has 0 aliphatic carbocycles. The number of pyridine rings is 1. The van der Waals surface area contributed by atoms with E-state index in [0.29, 0.717) is 36.8 Å². The summed E-state index contributed by atoms with van der Waals surface area (Å²) in [5, 5.41) is 9.38. The number of amides is 2. The standard InChI is InChI=1S/C20H21N5O4/c1-28-16-6-4-14(5-7-16)19-24-18(29-25-19)9-8-17(26)22-11-12-23-20(27)15-3-2-10-21-13-15/h2-7,10,13H,8-9,11-12H2,1H3,(H,22,26)(H,23,27). The van der Waals surface area contributed by atoms with Crippen molar-refractivity contribution >= 4 is 11.8 Å². The highest BCUT2D eigenvalue weighted by Crippen LogP contribution is 2.19. The molecule has 2 N–H and O–H groups in total. The Morgan fingerprint density at radius 3 is 2.62 bits per heavy atom. The average molecular weight is 395 g/mol. The lowest BCUT2D eigenvalue weighted by Gasteiger charge is -2.06. The molecule has 29 heavy (non-hydrogen) atoms. The SMILES string of the molecule is COc1ccc(-c2noc(CCC(=O)NCCNC(=O)c3cccnc3)n2)cc1. The fraction of sp³-hybridized carbons (Fsp3) is 0.250. The maximum Gasteiger partial charge on any atom is 0.252 e. The van der Waals surface area contributed by atoms with Crippen LogP contribution in [0.1, 0.15) is 22.7 Å². The summed E-state index contributed by atoms with van der Waals surface area (Å²) in [4.78, 5) is 32.0. The van der Waals surface area contributed by atoms with Gasteiger partial charge in [0.1, 0.15) is 5.75 Å². The number of benzene rings is 1. The zero-order chi connectivity index (χ0) is 20.5. The van der Waals surface area contributed by atoms with E-state index in [9.17, 15) is 9.59 Å². The van der Waals surface area contributed by atoms with Gasteiger partial charge in [-0.2, -0.15) is 4.98 Å². The number of hydrogen-bond donors (Lipinski definition) is 2. The van der Waals surface area contributed by atoms with Crippen LogP contribution in [-0.2, 0) is 11.2 Å². The van der Waals surface area contributed by atoms with E-state index >= 15 is 0 Å². The van der Waals surface area contributed by atoms with E-state index in [0.717, 1.165) is 11.3 Å². The maximum atomic E-state index is 11.9. The molecule has 0 aliphatic rings. The number of ether oxygens (including phenoxy) is 1. The van der Waals surface area contributed by atoms with Gasteiger partial charge >= 0.3 is 0 Å². The number of aromatic nitrogens is 3. The van der Waals surface area contributed by atoms with Crippen molar-refractivity contribution in [3.05, 3.63) is 60.2 Å². The molecule has 3 aromatic rings. The Balaban J connectivity index is 1.37. The molecule has 9 heteroatoms. The van der Waals surface area contributed by atoms with Crippen molar-refractivity contribution in [2.45, 2.75) is 12.8 Å². The topological polar surface area (TPSA) is 119 Å². The van der Waals surface area contributed by atoms with Gasteiger partial charge in [-0.05, 0) is 36.4 Å². The Hall–Kier alpha value is -3.75. The van der Waals surface area contributed by atoms with Crippen molar-refractivity contribution in [3.63, 3.8) is 0 Å². The summed E-state index contributed by atoms with van der Waals surface area (Å²) in [5.41, 5.74) is 1.28. The predicted molar refractivity (Wildman–Crippen MR) is 104 cm³/mol. The van der Waals surface area contributed by atoms with Gasteiger partial charge in [0.15, 0.2) is 0 Å². The second-order valence-electron chi connectivity index (χ2n) is 6.09. The molecule has 0 radical (unpaired) electrons. The van der Waals surface area contributed by atoms with Crippen molar-refractivity contribution in [1.29, 1.82) is 0 Å². The second kappa shape index (κ2) is 9.98. The van der Waals surface area contributed by atoms with Gasteiger partial charge in [-0.3, -0.25) is 14.6 Å². The van der Waals surface area contributed by atoms with Gasteiger partial charge in [0.25, 0.3) is 5.91 Å². The molecule has 0 unspecified atom stereocenters. The summed E-state index contributed by atoms with van der Waals surface area (Å²) in [6.07, 6.45) is 3.62. The van der Waals surface area contributed by atoms with Crippen LogP contribution < -0.4 is 15.4 Å². The molecule has 9 nitrogen and oxygen atoms in total. The van der Waals surface area contributed by atoms with Gasteiger partial charge < -0.3 is 19.9 Å². The van der Waals surface area contributed by atoms with E-state index in [4.69, 9.17) is 9.26 Å². The minimum Gasteiger partial charge on any atom is -0.497 e. The predicted octanol–water partition coefficient (Wildman–Crippen LogP) is 1.62. The van der Waals surface area contributed by atoms with Gasteiger partial charge in [0, 0.05) is 43.9 Å². The van der Waals surface area contributed by atoms with Crippen LogP contribution in [-0.4, -0.2) is 47.1 Å². The number of carbonyl (C=O) groups is 2. The number of nitrogens with one attached hydrogen (secondary N) is 2. The first kappa shape index (κ1) is 20.0. The van der Waals surface area contributed by atoms with Crippen LogP contribution in [0.25, 0.3) is 11.4 Å². The highest BCUT2D eigenvalue weighted by Gasteiger charge is 2.11. The molecule has 0 fully saturated rings. The van der Waals surface area contributed by atoms with Crippen molar-refractivity contribution in [2.24, 2.45) is 0 Å². The number of nitrogens with zero attached hydrogens (tertiary/aromatic N) is 3.